The molecule has 0 saturated heterocycles. The van der Waals surface area contributed by atoms with E-state index in [2.05, 4.69) is 58.9 Å². The maximum absolute atomic E-state index is 5.15. The number of hydrazone groups is 1. The lowest BCUT2D eigenvalue weighted by molar-refractivity contribution is 0.621. The minimum absolute atomic E-state index is 0.551. The van der Waals surface area contributed by atoms with Crippen LogP contribution >= 0.6 is 12.2 Å². The Bertz CT molecular complexity index is 530. The van der Waals surface area contributed by atoms with Gasteiger partial charge in [0.1, 0.15) is 0 Å². The Morgan fingerprint density at radius 2 is 1.91 bits per heavy atom. The van der Waals surface area contributed by atoms with Crippen LogP contribution in [0.15, 0.2) is 35.4 Å². The zero-order valence-corrected chi connectivity index (χ0v) is 14.9. The summed E-state index contributed by atoms with van der Waals surface area (Å²) in [6, 6.07) is 8.35. The van der Waals surface area contributed by atoms with Gasteiger partial charge in [0.15, 0.2) is 5.11 Å². The van der Waals surface area contributed by atoms with Crippen LogP contribution < -0.4 is 15.6 Å². The Labute approximate surface area is 139 Å². The number of benzene rings is 1. The Hall–Kier alpha value is -1.88. The third-order valence-electron chi connectivity index (χ3n) is 2.93. The summed E-state index contributed by atoms with van der Waals surface area (Å²) in [5, 5.41) is 7.90. The lowest BCUT2D eigenvalue weighted by atomic mass is 10.2. The molecule has 2 N–H and O–H groups in total. The summed E-state index contributed by atoms with van der Waals surface area (Å²) in [6.07, 6.45) is 3.99. The van der Waals surface area contributed by atoms with E-state index in [4.69, 9.17) is 12.2 Å². The highest BCUT2D eigenvalue weighted by Crippen LogP contribution is 2.13. The number of rotatable bonds is 6. The van der Waals surface area contributed by atoms with E-state index in [9.17, 15) is 0 Å². The Kier molecular flexibility index (Phi) is 7.60. The SMILES string of the molecule is CC(/C=C/c1ccc(N(C)C)cc1)=N/NC(=S)NCC(C)C. The van der Waals surface area contributed by atoms with Gasteiger partial charge in [-0.25, -0.2) is 0 Å². The average Bonchev–Trinajstić information content (AvgIpc) is 2.49. The highest BCUT2D eigenvalue weighted by atomic mass is 32.1. The van der Waals surface area contributed by atoms with Crippen LogP contribution in [-0.4, -0.2) is 31.5 Å². The molecule has 0 unspecified atom stereocenters. The van der Waals surface area contributed by atoms with Crippen molar-refractivity contribution in [2.75, 3.05) is 25.5 Å². The summed E-state index contributed by atoms with van der Waals surface area (Å²) in [5.41, 5.74) is 6.04. The van der Waals surface area contributed by atoms with Crippen LogP contribution in [0.5, 0.6) is 0 Å². The standard InChI is InChI=1S/C17H26N4S/c1-13(2)12-18-17(22)20-19-14(3)6-7-15-8-10-16(11-9-15)21(4)5/h6-11,13H,12H2,1-5H3,(H2,18,20,22)/b7-6+,19-14-. The topological polar surface area (TPSA) is 39.7 Å². The van der Waals surface area contributed by atoms with Crippen LogP contribution in [0.4, 0.5) is 5.69 Å². The molecule has 0 spiro atoms. The molecule has 0 amide bonds. The Morgan fingerprint density at radius 3 is 2.45 bits per heavy atom. The molecule has 5 heteroatoms. The predicted molar refractivity (Wildman–Crippen MR) is 101 cm³/mol. The van der Waals surface area contributed by atoms with E-state index in [-0.39, 0.29) is 0 Å². The molecule has 0 heterocycles. The van der Waals surface area contributed by atoms with Crippen molar-refractivity contribution in [2.24, 2.45) is 11.0 Å². The van der Waals surface area contributed by atoms with E-state index in [0.717, 1.165) is 17.8 Å². The number of hydrogen-bond acceptors (Lipinski definition) is 3. The van der Waals surface area contributed by atoms with Gasteiger partial charge in [-0.3, -0.25) is 5.43 Å². The first kappa shape index (κ1) is 18.2. The van der Waals surface area contributed by atoms with Crippen LogP contribution in [0.3, 0.4) is 0 Å². The molecular formula is C17H26N4S. The van der Waals surface area contributed by atoms with E-state index >= 15 is 0 Å². The molecule has 0 aliphatic rings. The second kappa shape index (κ2) is 9.20. The van der Waals surface area contributed by atoms with Crippen LogP contribution in [0.2, 0.25) is 0 Å². The molecular weight excluding hydrogens is 292 g/mol. The van der Waals surface area contributed by atoms with Gasteiger partial charge >= 0.3 is 0 Å². The highest BCUT2D eigenvalue weighted by molar-refractivity contribution is 7.80. The molecule has 0 aliphatic carbocycles. The van der Waals surface area contributed by atoms with E-state index < -0.39 is 0 Å². The van der Waals surface area contributed by atoms with Gasteiger partial charge < -0.3 is 10.2 Å². The molecule has 0 bridgehead atoms. The minimum Gasteiger partial charge on any atom is -0.378 e. The molecule has 0 aromatic heterocycles. The van der Waals surface area contributed by atoms with Gasteiger partial charge in [0.25, 0.3) is 0 Å². The van der Waals surface area contributed by atoms with Gasteiger partial charge in [0, 0.05) is 26.3 Å². The monoisotopic (exact) mass is 318 g/mol. The maximum Gasteiger partial charge on any atom is 0.186 e. The van der Waals surface area contributed by atoms with Crippen LogP contribution in [0, 0.1) is 5.92 Å². The molecule has 0 aliphatic heterocycles. The number of allylic oxidation sites excluding steroid dienone is 1. The van der Waals surface area contributed by atoms with Gasteiger partial charge in [-0.1, -0.05) is 32.1 Å². The van der Waals surface area contributed by atoms with Crippen molar-refractivity contribution in [3.8, 4) is 0 Å². The maximum atomic E-state index is 5.15. The molecule has 0 radical (unpaired) electrons. The molecule has 0 fully saturated rings. The van der Waals surface area contributed by atoms with Crippen molar-refractivity contribution in [3.05, 3.63) is 35.9 Å². The van der Waals surface area contributed by atoms with Crippen molar-refractivity contribution >= 4 is 34.8 Å². The first-order chi connectivity index (χ1) is 10.4. The molecule has 1 rings (SSSR count). The van der Waals surface area contributed by atoms with Gasteiger partial charge in [-0.05, 0) is 48.8 Å². The van der Waals surface area contributed by atoms with E-state index in [1.54, 1.807) is 0 Å². The Morgan fingerprint density at radius 1 is 1.27 bits per heavy atom. The summed E-state index contributed by atoms with van der Waals surface area (Å²) in [5.74, 6) is 0.551. The van der Waals surface area contributed by atoms with Gasteiger partial charge in [0.05, 0.1) is 5.71 Å². The number of thiocarbonyl (C=S) groups is 1. The van der Waals surface area contributed by atoms with Crippen LogP contribution in [0.25, 0.3) is 6.08 Å². The number of hydrogen-bond donors (Lipinski definition) is 2. The number of anilines is 1. The van der Waals surface area contributed by atoms with Crippen molar-refractivity contribution in [1.82, 2.24) is 10.7 Å². The lowest BCUT2D eigenvalue weighted by Gasteiger charge is -2.11. The summed E-state index contributed by atoms with van der Waals surface area (Å²) in [4.78, 5) is 2.08. The predicted octanol–water partition coefficient (Wildman–Crippen LogP) is 3.26. The average molecular weight is 318 g/mol. The zero-order valence-electron chi connectivity index (χ0n) is 14.1. The fourth-order valence-electron chi connectivity index (χ4n) is 1.61. The normalized spacial score (nSPS) is 11.8. The molecule has 22 heavy (non-hydrogen) atoms. The highest BCUT2D eigenvalue weighted by Gasteiger charge is 1.96. The molecule has 0 saturated carbocycles. The largest absolute Gasteiger partial charge is 0.378 e. The second-order valence-electron chi connectivity index (χ2n) is 5.79. The van der Waals surface area contributed by atoms with Crippen LogP contribution in [-0.2, 0) is 0 Å². The zero-order chi connectivity index (χ0) is 16.5. The fraction of sp³-hybridized carbons (Fsp3) is 0.412. The van der Waals surface area contributed by atoms with Crippen molar-refractivity contribution < 1.29 is 0 Å². The third kappa shape index (κ3) is 7.22. The summed E-state index contributed by atoms with van der Waals surface area (Å²) >= 11 is 5.15. The number of nitrogens with one attached hydrogen (secondary N) is 2. The van der Waals surface area contributed by atoms with E-state index in [1.807, 2.05) is 33.2 Å². The first-order valence-corrected chi connectivity index (χ1v) is 7.83. The fourth-order valence-corrected chi connectivity index (χ4v) is 1.74. The van der Waals surface area contributed by atoms with Gasteiger partial charge in [0.2, 0.25) is 0 Å². The van der Waals surface area contributed by atoms with Crippen molar-refractivity contribution in [2.45, 2.75) is 20.8 Å². The molecule has 4 nitrogen and oxygen atoms in total. The molecule has 120 valence electrons. The first-order valence-electron chi connectivity index (χ1n) is 7.42. The van der Waals surface area contributed by atoms with E-state index in [1.165, 1.54) is 5.69 Å². The van der Waals surface area contributed by atoms with Gasteiger partial charge in [-0.2, -0.15) is 5.10 Å². The van der Waals surface area contributed by atoms with Crippen LogP contribution in [0.1, 0.15) is 26.3 Å². The summed E-state index contributed by atoms with van der Waals surface area (Å²) < 4.78 is 0. The lowest BCUT2D eigenvalue weighted by Crippen LogP contribution is -2.34. The number of nitrogens with zero attached hydrogens (tertiary/aromatic N) is 2. The quantitative estimate of drug-likeness (QED) is 0.480. The molecule has 0 atom stereocenters. The summed E-state index contributed by atoms with van der Waals surface area (Å²) in [7, 11) is 4.06. The van der Waals surface area contributed by atoms with Gasteiger partial charge in [-0.15, -0.1) is 0 Å². The van der Waals surface area contributed by atoms with E-state index in [0.29, 0.717) is 11.0 Å². The van der Waals surface area contributed by atoms with Crippen molar-refractivity contribution in [1.29, 1.82) is 0 Å². The minimum atomic E-state index is 0.551. The van der Waals surface area contributed by atoms with Crippen molar-refractivity contribution in [3.63, 3.8) is 0 Å². The smallest absolute Gasteiger partial charge is 0.186 e. The molecule has 1 aromatic carbocycles. The molecule has 1 aromatic rings. The summed E-state index contributed by atoms with van der Waals surface area (Å²) in [6.45, 7) is 7.04. The Balaban J connectivity index is 2.50. The third-order valence-corrected chi connectivity index (χ3v) is 3.17. The second-order valence-corrected chi connectivity index (χ2v) is 6.20.